The second-order valence-corrected chi connectivity index (χ2v) is 5.84. The summed E-state index contributed by atoms with van der Waals surface area (Å²) in [6, 6.07) is 1.06. The molecule has 0 aliphatic carbocycles. The third-order valence-corrected chi connectivity index (χ3v) is 3.87. The van der Waals surface area contributed by atoms with Crippen molar-refractivity contribution in [2.75, 3.05) is 0 Å². The SMILES string of the molecule is CC1(C)OB(c2nccc(F)c2CC(F)F)OC1(C)C. The summed E-state index contributed by atoms with van der Waals surface area (Å²) in [5.41, 5.74) is -1.33. The summed E-state index contributed by atoms with van der Waals surface area (Å²) in [6.45, 7) is 7.33. The topological polar surface area (TPSA) is 31.4 Å². The van der Waals surface area contributed by atoms with Gasteiger partial charge in [-0.3, -0.25) is 4.98 Å². The Bertz CT molecular complexity index is 492. The number of pyridine rings is 1. The first kappa shape index (κ1) is 15.3. The van der Waals surface area contributed by atoms with Gasteiger partial charge in [0.2, 0.25) is 6.43 Å². The minimum Gasteiger partial charge on any atom is -0.398 e. The predicted octanol–water partition coefficient (Wildman–Crippen LogP) is 2.33. The van der Waals surface area contributed by atoms with E-state index in [1.165, 1.54) is 6.20 Å². The third-order valence-electron chi connectivity index (χ3n) is 3.87. The number of aromatic nitrogens is 1. The molecule has 110 valence electrons. The van der Waals surface area contributed by atoms with Crippen LogP contribution in [0.5, 0.6) is 0 Å². The summed E-state index contributed by atoms with van der Waals surface area (Å²) >= 11 is 0. The smallest absolute Gasteiger partial charge is 0.398 e. The van der Waals surface area contributed by atoms with Crippen LogP contribution in [0.3, 0.4) is 0 Å². The highest BCUT2D eigenvalue weighted by Gasteiger charge is 2.53. The zero-order chi connectivity index (χ0) is 15.1. The van der Waals surface area contributed by atoms with Crippen LogP contribution >= 0.6 is 0 Å². The first-order valence-corrected chi connectivity index (χ1v) is 6.41. The van der Waals surface area contributed by atoms with Crippen molar-refractivity contribution in [1.82, 2.24) is 4.98 Å². The number of alkyl halides is 2. The van der Waals surface area contributed by atoms with Gasteiger partial charge in [0.25, 0.3) is 0 Å². The minimum atomic E-state index is -2.66. The van der Waals surface area contributed by atoms with E-state index in [-0.39, 0.29) is 11.2 Å². The van der Waals surface area contributed by atoms with E-state index in [0.717, 1.165) is 6.07 Å². The van der Waals surface area contributed by atoms with E-state index < -0.39 is 37.0 Å². The van der Waals surface area contributed by atoms with Crippen molar-refractivity contribution in [3.05, 3.63) is 23.6 Å². The molecule has 3 nitrogen and oxygen atoms in total. The van der Waals surface area contributed by atoms with Crippen molar-refractivity contribution in [2.24, 2.45) is 0 Å². The molecule has 1 aromatic rings. The Kier molecular flexibility index (Phi) is 3.86. The van der Waals surface area contributed by atoms with Gasteiger partial charge in [0.15, 0.2) is 0 Å². The fourth-order valence-electron chi connectivity index (χ4n) is 2.00. The maximum atomic E-state index is 13.8. The molecular formula is C13H17BF3NO2. The average molecular weight is 287 g/mol. The van der Waals surface area contributed by atoms with Gasteiger partial charge in [-0.25, -0.2) is 13.2 Å². The second-order valence-electron chi connectivity index (χ2n) is 5.84. The molecule has 1 aliphatic rings. The van der Waals surface area contributed by atoms with Crippen LogP contribution in [-0.4, -0.2) is 29.7 Å². The van der Waals surface area contributed by atoms with Crippen LogP contribution in [0.2, 0.25) is 0 Å². The molecule has 0 bridgehead atoms. The minimum absolute atomic E-state index is 0.0870. The number of halogens is 3. The fraction of sp³-hybridized carbons (Fsp3) is 0.615. The van der Waals surface area contributed by atoms with E-state index in [4.69, 9.17) is 9.31 Å². The van der Waals surface area contributed by atoms with Crippen LogP contribution in [0, 0.1) is 5.82 Å². The highest BCUT2D eigenvalue weighted by Crippen LogP contribution is 2.36. The summed E-state index contributed by atoms with van der Waals surface area (Å²) in [6.07, 6.45) is -2.14. The van der Waals surface area contributed by atoms with E-state index in [0.29, 0.717) is 0 Å². The van der Waals surface area contributed by atoms with Gasteiger partial charge in [-0.05, 0) is 33.8 Å². The summed E-state index contributed by atoms with van der Waals surface area (Å²) in [7, 11) is -0.940. The number of rotatable bonds is 3. The lowest BCUT2D eigenvalue weighted by molar-refractivity contribution is 0.00578. The van der Waals surface area contributed by atoms with Gasteiger partial charge in [0, 0.05) is 18.2 Å². The van der Waals surface area contributed by atoms with E-state index in [1.54, 1.807) is 0 Å². The number of hydrogen-bond acceptors (Lipinski definition) is 3. The van der Waals surface area contributed by atoms with Crippen LogP contribution in [0.25, 0.3) is 0 Å². The Morgan fingerprint density at radius 1 is 1.20 bits per heavy atom. The quantitative estimate of drug-likeness (QED) is 0.800. The molecule has 20 heavy (non-hydrogen) atoms. The van der Waals surface area contributed by atoms with Gasteiger partial charge in [-0.2, -0.15) is 0 Å². The molecule has 0 atom stereocenters. The van der Waals surface area contributed by atoms with Gasteiger partial charge in [-0.15, -0.1) is 0 Å². The first-order valence-electron chi connectivity index (χ1n) is 6.41. The Hall–Kier alpha value is -1.08. The molecule has 7 heteroatoms. The van der Waals surface area contributed by atoms with Gasteiger partial charge >= 0.3 is 7.12 Å². The molecule has 0 N–H and O–H groups in total. The molecule has 1 fully saturated rings. The second kappa shape index (κ2) is 5.04. The molecule has 0 spiro atoms. The summed E-state index contributed by atoms with van der Waals surface area (Å²) in [5.74, 6) is -0.718. The lowest BCUT2D eigenvalue weighted by atomic mass is 9.80. The van der Waals surface area contributed by atoms with E-state index in [9.17, 15) is 13.2 Å². The summed E-state index contributed by atoms with van der Waals surface area (Å²) in [5, 5.41) is 0. The van der Waals surface area contributed by atoms with Crippen molar-refractivity contribution in [1.29, 1.82) is 0 Å². The van der Waals surface area contributed by atoms with Crippen LogP contribution in [0.1, 0.15) is 33.3 Å². The molecule has 0 unspecified atom stereocenters. The molecule has 1 aliphatic heterocycles. The van der Waals surface area contributed by atoms with Crippen molar-refractivity contribution in [3.63, 3.8) is 0 Å². The van der Waals surface area contributed by atoms with Gasteiger partial charge in [-0.1, -0.05) is 0 Å². The zero-order valence-corrected chi connectivity index (χ0v) is 11.9. The zero-order valence-electron chi connectivity index (χ0n) is 11.9. The lowest BCUT2D eigenvalue weighted by Gasteiger charge is -2.32. The first-order chi connectivity index (χ1) is 9.14. The Morgan fingerprint density at radius 3 is 2.25 bits per heavy atom. The monoisotopic (exact) mass is 287 g/mol. The molecule has 1 aromatic heterocycles. The van der Waals surface area contributed by atoms with Crippen LogP contribution in [0.15, 0.2) is 12.3 Å². The molecular weight excluding hydrogens is 270 g/mol. The van der Waals surface area contributed by atoms with Crippen molar-refractivity contribution >= 4 is 12.7 Å². The molecule has 1 saturated heterocycles. The number of nitrogens with zero attached hydrogens (tertiary/aromatic N) is 1. The molecule has 0 saturated carbocycles. The molecule has 2 rings (SSSR count). The van der Waals surface area contributed by atoms with Crippen molar-refractivity contribution in [3.8, 4) is 0 Å². The van der Waals surface area contributed by atoms with Crippen LogP contribution < -0.4 is 5.59 Å². The normalized spacial score (nSPS) is 20.7. The molecule has 2 heterocycles. The maximum Gasteiger partial charge on any atom is 0.514 e. The highest BCUT2D eigenvalue weighted by molar-refractivity contribution is 6.61. The van der Waals surface area contributed by atoms with Gasteiger partial charge < -0.3 is 9.31 Å². The summed E-state index contributed by atoms with van der Waals surface area (Å²) in [4.78, 5) is 3.98. The Labute approximate surface area is 116 Å². The van der Waals surface area contributed by atoms with Gasteiger partial charge in [0.1, 0.15) is 5.82 Å². The van der Waals surface area contributed by atoms with E-state index >= 15 is 0 Å². The summed E-state index contributed by atoms with van der Waals surface area (Å²) < 4.78 is 50.4. The van der Waals surface area contributed by atoms with E-state index in [2.05, 4.69) is 4.98 Å². The van der Waals surface area contributed by atoms with Crippen LogP contribution in [0.4, 0.5) is 13.2 Å². The van der Waals surface area contributed by atoms with Crippen molar-refractivity contribution < 1.29 is 22.5 Å². The highest BCUT2D eigenvalue weighted by atomic mass is 19.3. The standard InChI is InChI=1S/C13H17BF3NO2/c1-12(2)13(3,4)20-14(19-12)11-8(7-10(16)17)9(15)5-6-18-11/h5-6,10H,7H2,1-4H3. The molecule has 0 amide bonds. The van der Waals surface area contributed by atoms with Crippen molar-refractivity contribution in [2.45, 2.75) is 51.7 Å². The van der Waals surface area contributed by atoms with Crippen LogP contribution in [-0.2, 0) is 15.7 Å². The Morgan fingerprint density at radius 2 is 1.75 bits per heavy atom. The fourth-order valence-corrected chi connectivity index (χ4v) is 2.00. The lowest BCUT2D eigenvalue weighted by Crippen LogP contribution is -2.41. The third kappa shape index (κ3) is 2.69. The Balaban J connectivity index is 2.37. The van der Waals surface area contributed by atoms with Gasteiger partial charge in [0.05, 0.1) is 16.8 Å². The molecule has 0 radical (unpaired) electrons. The molecule has 0 aromatic carbocycles. The van der Waals surface area contributed by atoms with E-state index in [1.807, 2.05) is 27.7 Å². The maximum absolute atomic E-state index is 13.8. The largest absolute Gasteiger partial charge is 0.514 e. The predicted molar refractivity (Wildman–Crippen MR) is 69.6 cm³/mol. The number of hydrogen-bond donors (Lipinski definition) is 0. The average Bonchev–Trinajstić information content (AvgIpc) is 2.50.